The van der Waals surface area contributed by atoms with Crippen LogP contribution in [0.2, 0.25) is 0 Å². The Bertz CT molecular complexity index is 655. The standard InChI is InChI=1S/C19H20N2O4/c22-17(20-15-9-3-1-4-10-15)24-19(13-7-8-14-19)25-18(23)21-16-11-5-2-6-12-16/h1-6,9-12H,7-8,13-14H2,(H,20,22)(H,21,23). The highest BCUT2D eigenvalue weighted by atomic mass is 16.7. The van der Waals surface area contributed by atoms with Gasteiger partial charge in [-0.2, -0.15) is 0 Å². The van der Waals surface area contributed by atoms with Crippen LogP contribution in [0.1, 0.15) is 25.7 Å². The number of benzene rings is 2. The fourth-order valence-corrected chi connectivity index (χ4v) is 2.81. The molecular weight excluding hydrogens is 320 g/mol. The summed E-state index contributed by atoms with van der Waals surface area (Å²) in [5.41, 5.74) is 1.24. The van der Waals surface area contributed by atoms with Crippen LogP contribution < -0.4 is 10.6 Å². The van der Waals surface area contributed by atoms with Crippen molar-refractivity contribution in [2.24, 2.45) is 0 Å². The van der Waals surface area contributed by atoms with Crippen molar-refractivity contribution in [2.45, 2.75) is 31.5 Å². The number of carbonyl (C=O) groups is 2. The van der Waals surface area contributed by atoms with Gasteiger partial charge in [0.25, 0.3) is 5.79 Å². The molecule has 2 aromatic rings. The Morgan fingerprint density at radius 1 is 0.720 bits per heavy atom. The molecule has 0 spiro atoms. The number of carbonyl (C=O) groups excluding carboxylic acids is 2. The molecule has 0 saturated heterocycles. The van der Waals surface area contributed by atoms with E-state index in [9.17, 15) is 9.59 Å². The summed E-state index contributed by atoms with van der Waals surface area (Å²) >= 11 is 0. The molecule has 1 aliphatic carbocycles. The van der Waals surface area contributed by atoms with Gasteiger partial charge in [-0.1, -0.05) is 36.4 Å². The van der Waals surface area contributed by atoms with Crippen molar-refractivity contribution in [1.82, 2.24) is 0 Å². The molecule has 25 heavy (non-hydrogen) atoms. The maximum absolute atomic E-state index is 12.2. The van der Waals surface area contributed by atoms with Gasteiger partial charge in [0.1, 0.15) is 0 Å². The van der Waals surface area contributed by atoms with E-state index in [1.807, 2.05) is 36.4 Å². The van der Waals surface area contributed by atoms with Gasteiger partial charge in [0.05, 0.1) is 0 Å². The first kappa shape index (κ1) is 16.8. The zero-order valence-corrected chi connectivity index (χ0v) is 13.7. The van der Waals surface area contributed by atoms with E-state index < -0.39 is 18.0 Å². The van der Waals surface area contributed by atoms with Crippen molar-refractivity contribution in [3.05, 3.63) is 60.7 Å². The number of hydrogen-bond donors (Lipinski definition) is 2. The topological polar surface area (TPSA) is 76.7 Å². The molecule has 2 amide bonds. The smallest absolute Gasteiger partial charge is 0.406 e. The fraction of sp³-hybridized carbons (Fsp3) is 0.263. The van der Waals surface area contributed by atoms with E-state index in [0.717, 1.165) is 12.8 Å². The quantitative estimate of drug-likeness (QED) is 0.787. The minimum atomic E-state index is -1.22. The largest absolute Gasteiger partial charge is 0.414 e. The number of amides is 2. The fourth-order valence-electron chi connectivity index (χ4n) is 2.81. The molecule has 0 bridgehead atoms. The third kappa shape index (κ3) is 4.73. The van der Waals surface area contributed by atoms with Crippen molar-refractivity contribution in [3.63, 3.8) is 0 Å². The van der Waals surface area contributed by atoms with Crippen molar-refractivity contribution in [2.75, 3.05) is 10.6 Å². The Kier molecular flexibility index (Phi) is 5.18. The average Bonchev–Trinajstić information content (AvgIpc) is 3.04. The summed E-state index contributed by atoms with van der Waals surface area (Å²) in [6, 6.07) is 18.0. The van der Waals surface area contributed by atoms with E-state index in [1.54, 1.807) is 24.3 Å². The van der Waals surface area contributed by atoms with Crippen molar-refractivity contribution in [1.29, 1.82) is 0 Å². The molecule has 6 heteroatoms. The predicted molar refractivity (Wildman–Crippen MR) is 94.3 cm³/mol. The maximum Gasteiger partial charge on any atom is 0.414 e. The molecule has 0 aromatic heterocycles. The molecule has 1 saturated carbocycles. The maximum atomic E-state index is 12.2. The lowest BCUT2D eigenvalue weighted by Gasteiger charge is -2.28. The number of rotatable bonds is 4. The molecular formula is C19H20N2O4. The lowest BCUT2D eigenvalue weighted by atomic mass is 10.2. The Morgan fingerprint density at radius 3 is 1.52 bits per heavy atom. The Morgan fingerprint density at radius 2 is 1.12 bits per heavy atom. The molecule has 0 unspecified atom stereocenters. The van der Waals surface area contributed by atoms with Crippen LogP contribution in [0.3, 0.4) is 0 Å². The number of para-hydroxylation sites is 2. The second-order valence-corrected chi connectivity index (χ2v) is 5.88. The van der Waals surface area contributed by atoms with Crippen LogP contribution in [-0.4, -0.2) is 18.0 Å². The van der Waals surface area contributed by atoms with Crippen LogP contribution in [-0.2, 0) is 9.47 Å². The second kappa shape index (κ2) is 7.70. The van der Waals surface area contributed by atoms with Gasteiger partial charge in [0, 0.05) is 24.2 Å². The molecule has 0 aliphatic heterocycles. The summed E-state index contributed by atoms with van der Waals surface area (Å²) in [4.78, 5) is 24.3. The highest BCUT2D eigenvalue weighted by molar-refractivity contribution is 5.86. The molecule has 3 rings (SSSR count). The minimum absolute atomic E-state index is 0.484. The van der Waals surface area contributed by atoms with Gasteiger partial charge >= 0.3 is 12.2 Å². The third-order valence-electron chi connectivity index (χ3n) is 3.96. The Hall–Kier alpha value is -3.02. The first-order chi connectivity index (χ1) is 12.2. The van der Waals surface area contributed by atoms with Gasteiger partial charge in [-0.15, -0.1) is 0 Å². The lowest BCUT2D eigenvalue weighted by molar-refractivity contribution is -0.150. The van der Waals surface area contributed by atoms with E-state index in [2.05, 4.69) is 10.6 Å². The molecule has 0 radical (unpaired) electrons. The van der Waals surface area contributed by atoms with Gasteiger partial charge in [0.15, 0.2) is 0 Å². The van der Waals surface area contributed by atoms with Gasteiger partial charge in [-0.3, -0.25) is 10.6 Å². The van der Waals surface area contributed by atoms with Crippen LogP contribution >= 0.6 is 0 Å². The predicted octanol–water partition coefficient (Wildman–Crippen LogP) is 4.75. The highest BCUT2D eigenvalue weighted by Gasteiger charge is 2.42. The third-order valence-corrected chi connectivity index (χ3v) is 3.96. The van der Waals surface area contributed by atoms with E-state index >= 15 is 0 Å². The van der Waals surface area contributed by atoms with E-state index in [0.29, 0.717) is 24.2 Å². The normalized spacial score (nSPS) is 15.2. The molecule has 6 nitrogen and oxygen atoms in total. The summed E-state index contributed by atoms with van der Waals surface area (Å²) in [5.74, 6) is -1.22. The molecule has 2 aromatic carbocycles. The second-order valence-electron chi connectivity index (χ2n) is 5.88. The molecule has 0 heterocycles. The van der Waals surface area contributed by atoms with Crippen molar-refractivity contribution < 1.29 is 19.1 Å². The summed E-state index contributed by atoms with van der Waals surface area (Å²) < 4.78 is 11.0. The van der Waals surface area contributed by atoms with Crippen LogP contribution in [0.15, 0.2) is 60.7 Å². The molecule has 0 atom stereocenters. The van der Waals surface area contributed by atoms with Gasteiger partial charge in [0.2, 0.25) is 0 Å². The first-order valence-corrected chi connectivity index (χ1v) is 8.25. The number of ether oxygens (including phenoxy) is 2. The number of nitrogens with one attached hydrogen (secondary N) is 2. The SMILES string of the molecule is O=C(Nc1ccccc1)OC1(OC(=O)Nc2ccccc2)CCCC1. The first-order valence-electron chi connectivity index (χ1n) is 8.25. The van der Waals surface area contributed by atoms with Gasteiger partial charge < -0.3 is 9.47 Å². The number of hydrogen-bond acceptors (Lipinski definition) is 4. The molecule has 130 valence electrons. The lowest BCUT2D eigenvalue weighted by Crippen LogP contribution is -2.40. The van der Waals surface area contributed by atoms with E-state index in [4.69, 9.17) is 9.47 Å². The van der Waals surface area contributed by atoms with Crippen LogP contribution in [0, 0.1) is 0 Å². The summed E-state index contributed by atoms with van der Waals surface area (Å²) in [5, 5.41) is 5.29. The van der Waals surface area contributed by atoms with Crippen LogP contribution in [0.5, 0.6) is 0 Å². The van der Waals surface area contributed by atoms with Crippen LogP contribution in [0.4, 0.5) is 21.0 Å². The van der Waals surface area contributed by atoms with Crippen molar-refractivity contribution >= 4 is 23.6 Å². The zero-order chi connectivity index (χ0) is 17.5. The molecule has 1 fully saturated rings. The van der Waals surface area contributed by atoms with Gasteiger partial charge in [-0.05, 0) is 37.1 Å². The van der Waals surface area contributed by atoms with E-state index in [-0.39, 0.29) is 0 Å². The monoisotopic (exact) mass is 340 g/mol. The average molecular weight is 340 g/mol. The van der Waals surface area contributed by atoms with E-state index in [1.165, 1.54) is 0 Å². The number of anilines is 2. The molecule has 2 N–H and O–H groups in total. The van der Waals surface area contributed by atoms with Crippen LogP contribution in [0.25, 0.3) is 0 Å². The highest BCUT2D eigenvalue weighted by Crippen LogP contribution is 2.35. The van der Waals surface area contributed by atoms with Crippen molar-refractivity contribution in [3.8, 4) is 0 Å². The Balaban J connectivity index is 1.61. The summed E-state index contributed by atoms with van der Waals surface area (Å²) in [6.07, 6.45) is 1.35. The summed E-state index contributed by atoms with van der Waals surface area (Å²) in [7, 11) is 0. The zero-order valence-electron chi connectivity index (χ0n) is 13.7. The molecule has 1 aliphatic rings. The Labute approximate surface area is 146 Å². The summed E-state index contributed by atoms with van der Waals surface area (Å²) in [6.45, 7) is 0. The minimum Gasteiger partial charge on any atom is -0.406 e. The van der Waals surface area contributed by atoms with Gasteiger partial charge in [-0.25, -0.2) is 9.59 Å².